The summed E-state index contributed by atoms with van der Waals surface area (Å²) < 4.78 is 0. The van der Waals surface area contributed by atoms with E-state index in [1.54, 1.807) is 12.4 Å². The van der Waals surface area contributed by atoms with Gasteiger partial charge in [-0.2, -0.15) is 0 Å². The zero-order valence-electron chi connectivity index (χ0n) is 9.18. The van der Waals surface area contributed by atoms with E-state index < -0.39 is 0 Å². The summed E-state index contributed by atoms with van der Waals surface area (Å²) in [5, 5.41) is 0.598. The lowest BCUT2D eigenvalue weighted by molar-refractivity contribution is 0.238. The Morgan fingerprint density at radius 3 is 2.75 bits per heavy atom. The third kappa shape index (κ3) is 1.55. The summed E-state index contributed by atoms with van der Waals surface area (Å²) in [5.74, 6) is 1.21. The summed E-state index contributed by atoms with van der Waals surface area (Å²) in [6, 6.07) is 1.17. The molecule has 3 nitrogen and oxygen atoms in total. The van der Waals surface area contributed by atoms with E-state index in [2.05, 4.69) is 34.1 Å². The molecule has 0 saturated carbocycles. The Morgan fingerprint density at radius 2 is 2.00 bits per heavy atom. The molecule has 1 saturated heterocycles. The molecule has 0 radical (unpaired) electrons. The summed E-state index contributed by atoms with van der Waals surface area (Å²) in [4.78, 5) is 11.1. The van der Waals surface area contributed by atoms with Crippen LogP contribution in [0.5, 0.6) is 0 Å². The maximum absolute atomic E-state index is 5.80. The highest BCUT2D eigenvalue weighted by atomic mass is 35.5. The Morgan fingerprint density at radius 1 is 1.25 bits per heavy atom. The molecule has 0 amide bonds. The van der Waals surface area contributed by atoms with E-state index in [4.69, 9.17) is 11.6 Å². The fourth-order valence-corrected chi connectivity index (χ4v) is 2.89. The Kier molecular flexibility index (Phi) is 2.45. The third-order valence-electron chi connectivity index (χ3n) is 3.70. The van der Waals surface area contributed by atoms with Gasteiger partial charge < -0.3 is 0 Å². The zero-order valence-corrected chi connectivity index (χ0v) is 9.93. The summed E-state index contributed by atoms with van der Waals surface area (Å²) in [6.45, 7) is 0. The Labute approximate surface area is 100 Å². The van der Waals surface area contributed by atoms with E-state index in [0.29, 0.717) is 23.0 Å². The van der Waals surface area contributed by atoms with Crippen LogP contribution in [0, 0.1) is 0 Å². The summed E-state index contributed by atoms with van der Waals surface area (Å²) in [6.07, 6.45) is 10.4. The van der Waals surface area contributed by atoms with Crippen molar-refractivity contribution < 1.29 is 0 Å². The van der Waals surface area contributed by atoms with Crippen LogP contribution in [0.2, 0.25) is 5.02 Å². The number of fused-ring (bicyclic) bond motifs is 2. The van der Waals surface area contributed by atoms with Crippen molar-refractivity contribution in [1.29, 1.82) is 0 Å². The number of hydrogen-bond acceptors (Lipinski definition) is 3. The number of halogens is 1. The summed E-state index contributed by atoms with van der Waals surface area (Å²) in [7, 11) is 2.19. The first-order chi connectivity index (χ1) is 7.75. The van der Waals surface area contributed by atoms with Gasteiger partial charge in [-0.15, -0.1) is 0 Å². The van der Waals surface area contributed by atoms with Crippen LogP contribution in [0.4, 0.5) is 0 Å². The van der Waals surface area contributed by atoms with Crippen molar-refractivity contribution in [2.45, 2.75) is 30.8 Å². The molecule has 0 aliphatic carbocycles. The molecule has 3 rings (SSSR count). The minimum Gasteiger partial charge on any atom is -0.296 e. The van der Waals surface area contributed by atoms with Crippen LogP contribution in [-0.2, 0) is 0 Å². The van der Waals surface area contributed by atoms with Crippen molar-refractivity contribution in [1.82, 2.24) is 14.9 Å². The van der Waals surface area contributed by atoms with Gasteiger partial charge in [0.2, 0.25) is 0 Å². The molecule has 3 heterocycles. The lowest BCUT2D eigenvalue weighted by atomic mass is 9.95. The molecule has 0 spiro atoms. The normalized spacial score (nSPS) is 33.2. The zero-order chi connectivity index (χ0) is 11.1. The molecule has 0 aromatic carbocycles. The molecule has 3 unspecified atom stereocenters. The average molecular weight is 236 g/mol. The van der Waals surface area contributed by atoms with Crippen LogP contribution in [0.3, 0.4) is 0 Å². The highest BCUT2D eigenvalue weighted by Gasteiger charge is 2.38. The predicted molar refractivity (Wildman–Crippen MR) is 63.5 cm³/mol. The molecule has 4 heteroatoms. The number of hydrogen-bond donors (Lipinski definition) is 0. The highest BCUT2D eigenvalue weighted by Crippen LogP contribution is 2.37. The molecule has 0 N–H and O–H groups in total. The van der Waals surface area contributed by atoms with E-state index >= 15 is 0 Å². The summed E-state index contributed by atoms with van der Waals surface area (Å²) >= 11 is 5.80. The van der Waals surface area contributed by atoms with Gasteiger partial charge in [0.15, 0.2) is 0 Å². The van der Waals surface area contributed by atoms with E-state index in [1.807, 2.05) is 0 Å². The molecule has 16 heavy (non-hydrogen) atoms. The van der Waals surface area contributed by atoms with E-state index in [1.165, 1.54) is 12.8 Å². The van der Waals surface area contributed by atoms with Gasteiger partial charge in [0.05, 0.1) is 10.9 Å². The SMILES string of the molecule is CN1C2C=CC(c3ncc(Cl)cn3)C1CC2. The monoisotopic (exact) mass is 235 g/mol. The lowest BCUT2D eigenvalue weighted by Gasteiger charge is -2.32. The van der Waals surface area contributed by atoms with E-state index in [-0.39, 0.29) is 0 Å². The first-order valence-electron chi connectivity index (χ1n) is 5.63. The van der Waals surface area contributed by atoms with Gasteiger partial charge in [0.25, 0.3) is 0 Å². The fourth-order valence-electron chi connectivity index (χ4n) is 2.79. The molecule has 1 aromatic heterocycles. The van der Waals surface area contributed by atoms with Crippen LogP contribution in [0.15, 0.2) is 24.5 Å². The largest absolute Gasteiger partial charge is 0.296 e. The van der Waals surface area contributed by atoms with Crippen LogP contribution in [-0.4, -0.2) is 34.0 Å². The molecule has 2 aliphatic heterocycles. The number of rotatable bonds is 1. The summed E-state index contributed by atoms with van der Waals surface area (Å²) in [5.41, 5.74) is 0. The molecular weight excluding hydrogens is 222 g/mol. The van der Waals surface area contributed by atoms with Crippen molar-refractivity contribution >= 4 is 11.6 Å². The Bertz CT molecular complexity index is 415. The van der Waals surface area contributed by atoms with Crippen LogP contribution in [0.1, 0.15) is 24.6 Å². The topological polar surface area (TPSA) is 29.0 Å². The van der Waals surface area contributed by atoms with Crippen LogP contribution in [0.25, 0.3) is 0 Å². The first kappa shape index (κ1) is 10.2. The van der Waals surface area contributed by atoms with Crippen molar-refractivity contribution in [2.24, 2.45) is 0 Å². The van der Waals surface area contributed by atoms with E-state index in [9.17, 15) is 0 Å². The van der Waals surface area contributed by atoms with Crippen LogP contribution >= 0.6 is 11.6 Å². The standard InChI is InChI=1S/C12H14ClN3/c1-16-9-2-4-10(11(16)5-3-9)12-14-6-8(13)7-15-12/h2,4,6-7,9-11H,3,5H2,1H3. The van der Waals surface area contributed by atoms with Crippen molar-refractivity contribution in [3.63, 3.8) is 0 Å². The second kappa shape index (κ2) is 3.82. The second-order valence-corrected chi connectivity index (χ2v) is 4.98. The maximum atomic E-state index is 5.80. The van der Waals surface area contributed by atoms with Crippen molar-refractivity contribution in [3.05, 3.63) is 35.4 Å². The van der Waals surface area contributed by atoms with Crippen LogP contribution < -0.4 is 0 Å². The molecule has 2 bridgehead atoms. The Hall–Kier alpha value is -0.930. The predicted octanol–water partition coefficient (Wildman–Crippen LogP) is 2.25. The van der Waals surface area contributed by atoms with E-state index in [0.717, 1.165) is 5.82 Å². The minimum atomic E-state index is 0.320. The molecule has 3 atom stereocenters. The molecule has 2 aliphatic rings. The molecular formula is C12H14ClN3. The fraction of sp³-hybridized carbons (Fsp3) is 0.500. The van der Waals surface area contributed by atoms with Crippen molar-refractivity contribution in [2.75, 3.05) is 7.05 Å². The van der Waals surface area contributed by atoms with Gasteiger partial charge in [0, 0.05) is 24.5 Å². The van der Waals surface area contributed by atoms with Gasteiger partial charge in [-0.1, -0.05) is 23.8 Å². The number of likely N-dealkylation sites (N-methyl/N-ethyl adjacent to an activating group) is 1. The number of aromatic nitrogens is 2. The Balaban J connectivity index is 1.93. The average Bonchev–Trinajstić information content (AvgIpc) is 2.52. The van der Waals surface area contributed by atoms with Crippen molar-refractivity contribution in [3.8, 4) is 0 Å². The second-order valence-electron chi connectivity index (χ2n) is 4.55. The smallest absolute Gasteiger partial charge is 0.136 e. The van der Waals surface area contributed by atoms with Gasteiger partial charge in [-0.25, -0.2) is 9.97 Å². The molecule has 84 valence electrons. The molecule has 1 fully saturated rings. The number of nitrogens with zero attached hydrogens (tertiary/aromatic N) is 3. The minimum absolute atomic E-state index is 0.320. The van der Waals surface area contributed by atoms with Gasteiger partial charge in [-0.3, -0.25) is 4.90 Å². The van der Waals surface area contributed by atoms with Gasteiger partial charge in [-0.05, 0) is 19.9 Å². The lowest BCUT2D eigenvalue weighted by Crippen LogP contribution is -2.38. The first-order valence-corrected chi connectivity index (χ1v) is 6.01. The molecule has 1 aromatic rings. The third-order valence-corrected chi connectivity index (χ3v) is 3.89. The van der Waals surface area contributed by atoms with Gasteiger partial charge >= 0.3 is 0 Å². The highest BCUT2D eigenvalue weighted by molar-refractivity contribution is 6.30. The van der Waals surface area contributed by atoms with Gasteiger partial charge in [0.1, 0.15) is 5.82 Å². The maximum Gasteiger partial charge on any atom is 0.136 e. The quantitative estimate of drug-likeness (QED) is 0.700.